The van der Waals surface area contributed by atoms with Crippen LogP contribution in [-0.4, -0.2) is 24.0 Å². The van der Waals surface area contributed by atoms with Crippen molar-refractivity contribution in [3.05, 3.63) is 16.2 Å². The van der Waals surface area contributed by atoms with Crippen LogP contribution in [0, 0.1) is 12.8 Å². The Kier molecular flexibility index (Phi) is 3.35. The molecular formula is C11H15BrN4O. The fraction of sp³-hybridized carbons (Fsp3) is 0.455. The van der Waals surface area contributed by atoms with Gasteiger partial charge >= 0.3 is 0 Å². The zero-order valence-corrected chi connectivity index (χ0v) is 11.2. The van der Waals surface area contributed by atoms with Crippen molar-refractivity contribution in [2.75, 3.05) is 23.7 Å². The molecule has 2 heterocycles. The number of rotatable bonds is 2. The summed E-state index contributed by atoms with van der Waals surface area (Å²) in [6.07, 6.45) is 2.14. The molecule has 0 aliphatic carbocycles. The van der Waals surface area contributed by atoms with Crippen molar-refractivity contribution < 1.29 is 4.79 Å². The largest absolute Gasteiger partial charge is 0.382 e. The van der Waals surface area contributed by atoms with Crippen LogP contribution in [0.5, 0.6) is 0 Å². The Hall–Kier alpha value is -1.14. The quantitative estimate of drug-likeness (QED) is 0.854. The minimum absolute atomic E-state index is 0.0650. The monoisotopic (exact) mass is 298 g/mol. The first-order valence-electron chi connectivity index (χ1n) is 5.45. The first-order valence-corrected chi connectivity index (χ1v) is 6.25. The van der Waals surface area contributed by atoms with E-state index in [1.54, 1.807) is 11.1 Å². The molecule has 92 valence electrons. The summed E-state index contributed by atoms with van der Waals surface area (Å²) < 4.78 is 0.852. The fourth-order valence-electron chi connectivity index (χ4n) is 2.09. The van der Waals surface area contributed by atoms with Gasteiger partial charge in [-0.1, -0.05) is 0 Å². The van der Waals surface area contributed by atoms with Gasteiger partial charge in [-0.15, -0.1) is 0 Å². The normalized spacial score (nSPS) is 20.1. The molecule has 0 radical (unpaired) electrons. The number of carbonyl (C=O) groups excluding carboxylic acids is 1. The summed E-state index contributed by atoms with van der Waals surface area (Å²) in [6.45, 7) is 3.06. The SMILES string of the molecule is Cc1c(Br)cnc(N)c1N1CC(CN)CC1=O. The third-order valence-corrected chi connectivity index (χ3v) is 3.88. The predicted molar refractivity (Wildman–Crippen MR) is 70.6 cm³/mol. The van der Waals surface area contributed by atoms with Crippen molar-refractivity contribution in [3.8, 4) is 0 Å². The molecule has 1 aromatic rings. The third kappa shape index (κ3) is 2.14. The van der Waals surface area contributed by atoms with Crippen molar-refractivity contribution in [2.45, 2.75) is 13.3 Å². The molecule has 0 aromatic carbocycles. The number of hydrogen-bond acceptors (Lipinski definition) is 4. The van der Waals surface area contributed by atoms with Crippen LogP contribution in [-0.2, 0) is 4.79 Å². The summed E-state index contributed by atoms with van der Waals surface area (Å²) >= 11 is 3.40. The smallest absolute Gasteiger partial charge is 0.227 e. The van der Waals surface area contributed by atoms with Crippen molar-refractivity contribution in [1.29, 1.82) is 0 Å². The lowest BCUT2D eigenvalue weighted by Crippen LogP contribution is -2.27. The van der Waals surface area contributed by atoms with Crippen LogP contribution in [0.15, 0.2) is 10.7 Å². The summed E-state index contributed by atoms with van der Waals surface area (Å²) in [5.74, 6) is 0.659. The van der Waals surface area contributed by atoms with Crippen LogP contribution < -0.4 is 16.4 Å². The number of halogens is 1. The van der Waals surface area contributed by atoms with Crippen LogP contribution >= 0.6 is 15.9 Å². The second-order valence-electron chi connectivity index (χ2n) is 4.28. The summed E-state index contributed by atoms with van der Waals surface area (Å²) in [4.78, 5) is 17.7. The highest BCUT2D eigenvalue weighted by molar-refractivity contribution is 9.10. The fourth-order valence-corrected chi connectivity index (χ4v) is 2.38. The third-order valence-electron chi connectivity index (χ3n) is 3.08. The number of carbonyl (C=O) groups is 1. The second-order valence-corrected chi connectivity index (χ2v) is 5.13. The predicted octanol–water partition coefficient (Wildman–Crippen LogP) is 1.05. The van der Waals surface area contributed by atoms with E-state index in [0.717, 1.165) is 10.0 Å². The first kappa shape index (κ1) is 12.3. The average Bonchev–Trinajstić information content (AvgIpc) is 2.66. The van der Waals surface area contributed by atoms with E-state index < -0.39 is 0 Å². The Labute approximate surface area is 108 Å². The van der Waals surface area contributed by atoms with Gasteiger partial charge < -0.3 is 16.4 Å². The Morgan fingerprint density at radius 3 is 2.94 bits per heavy atom. The molecule has 1 amide bonds. The summed E-state index contributed by atoms with van der Waals surface area (Å²) in [5.41, 5.74) is 13.1. The number of anilines is 2. The van der Waals surface area contributed by atoms with E-state index >= 15 is 0 Å². The van der Waals surface area contributed by atoms with Crippen molar-refractivity contribution in [2.24, 2.45) is 11.7 Å². The van der Waals surface area contributed by atoms with Gasteiger partial charge in [0.2, 0.25) is 5.91 Å². The number of nitrogens with zero attached hydrogens (tertiary/aromatic N) is 2. The van der Waals surface area contributed by atoms with Crippen molar-refractivity contribution in [1.82, 2.24) is 4.98 Å². The number of amides is 1. The van der Waals surface area contributed by atoms with E-state index in [1.165, 1.54) is 0 Å². The van der Waals surface area contributed by atoms with Crippen molar-refractivity contribution >= 4 is 33.3 Å². The zero-order valence-electron chi connectivity index (χ0n) is 9.61. The molecule has 1 aromatic heterocycles. The van der Waals surface area contributed by atoms with Crippen LogP contribution in [0.4, 0.5) is 11.5 Å². The lowest BCUT2D eigenvalue weighted by Gasteiger charge is -2.21. The Bertz CT molecular complexity index is 463. The molecule has 6 heteroatoms. The minimum Gasteiger partial charge on any atom is -0.382 e. The molecule has 5 nitrogen and oxygen atoms in total. The second kappa shape index (κ2) is 4.62. The highest BCUT2D eigenvalue weighted by atomic mass is 79.9. The molecule has 1 unspecified atom stereocenters. The lowest BCUT2D eigenvalue weighted by atomic mass is 10.1. The van der Waals surface area contributed by atoms with Gasteiger partial charge in [0.05, 0.1) is 5.69 Å². The number of hydrogen-bond donors (Lipinski definition) is 2. The van der Waals surface area contributed by atoms with Gasteiger partial charge in [0.25, 0.3) is 0 Å². The van der Waals surface area contributed by atoms with E-state index in [0.29, 0.717) is 31.0 Å². The van der Waals surface area contributed by atoms with Gasteiger partial charge in [-0.3, -0.25) is 4.79 Å². The highest BCUT2D eigenvalue weighted by Gasteiger charge is 2.32. The van der Waals surface area contributed by atoms with Gasteiger partial charge in [-0.25, -0.2) is 4.98 Å². The maximum atomic E-state index is 11.9. The van der Waals surface area contributed by atoms with Crippen LogP contribution in [0.1, 0.15) is 12.0 Å². The molecule has 17 heavy (non-hydrogen) atoms. The highest BCUT2D eigenvalue weighted by Crippen LogP contribution is 2.34. The van der Waals surface area contributed by atoms with Crippen LogP contribution in [0.25, 0.3) is 0 Å². The van der Waals surface area contributed by atoms with Gasteiger partial charge in [-0.05, 0) is 40.9 Å². The zero-order chi connectivity index (χ0) is 12.6. The van der Waals surface area contributed by atoms with E-state index in [-0.39, 0.29) is 11.8 Å². The summed E-state index contributed by atoms with van der Waals surface area (Å²) in [7, 11) is 0. The summed E-state index contributed by atoms with van der Waals surface area (Å²) in [6, 6.07) is 0. The van der Waals surface area contributed by atoms with Crippen molar-refractivity contribution in [3.63, 3.8) is 0 Å². The molecule has 1 saturated heterocycles. The van der Waals surface area contributed by atoms with E-state index in [4.69, 9.17) is 11.5 Å². The molecule has 2 rings (SSSR count). The number of aromatic nitrogens is 1. The van der Waals surface area contributed by atoms with Gasteiger partial charge in [-0.2, -0.15) is 0 Å². The van der Waals surface area contributed by atoms with E-state index in [1.807, 2.05) is 6.92 Å². The molecule has 0 saturated carbocycles. The van der Waals surface area contributed by atoms with Gasteiger partial charge in [0.15, 0.2) is 0 Å². The van der Waals surface area contributed by atoms with Gasteiger partial charge in [0.1, 0.15) is 5.82 Å². The van der Waals surface area contributed by atoms with Crippen LogP contribution in [0.2, 0.25) is 0 Å². The molecule has 1 aliphatic heterocycles. The first-order chi connectivity index (χ1) is 8.04. The van der Waals surface area contributed by atoms with E-state index in [9.17, 15) is 4.79 Å². The average molecular weight is 299 g/mol. The maximum Gasteiger partial charge on any atom is 0.227 e. The Morgan fingerprint density at radius 2 is 2.35 bits per heavy atom. The molecule has 0 spiro atoms. The lowest BCUT2D eigenvalue weighted by molar-refractivity contribution is -0.117. The molecular weight excluding hydrogens is 284 g/mol. The van der Waals surface area contributed by atoms with Gasteiger partial charge in [0, 0.05) is 23.6 Å². The molecule has 4 N–H and O–H groups in total. The molecule has 0 bridgehead atoms. The number of nitrogen functional groups attached to an aromatic ring is 1. The minimum atomic E-state index is 0.0650. The van der Waals surface area contributed by atoms with Crippen LogP contribution in [0.3, 0.4) is 0 Å². The van der Waals surface area contributed by atoms with E-state index in [2.05, 4.69) is 20.9 Å². The standard InChI is InChI=1S/C11H15BrN4O/c1-6-8(12)4-15-11(14)10(6)16-5-7(3-13)2-9(16)17/h4,7H,2-3,5,13H2,1H3,(H2,14,15). The summed E-state index contributed by atoms with van der Waals surface area (Å²) in [5, 5.41) is 0. The number of pyridine rings is 1. The number of nitrogens with two attached hydrogens (primary N) is 2. The molecule has 1 atom stereocenters. The topological polar surface area (TPSA) is 85.2 Å². The molecule has 1 aliphatic rings. The molecule has 1 fully saturated rings. The maximum absolute atomic E-state index is 11.9. The Morgan fingerprint density at radius 1 is 1.65 bits per heavy atom. The Balaban J connectivity index is 2.41.